The third-order valence-electron chi connectivity index (χ3n) is 4.20. The molecule has 0 saturated heterocycles. The fraction of sp³-hybridized carbons (Fsp3) is 0.381. The van der Waals surface area contributed by atoms with Crippen molar-refractivity contribution < 1.29 is 17.9 Å². The summed E-state index contributed by atoms with van der Waals surface area (Å²) in [5.41, 5.74) is 1.65. The predicted molar refractivity (Wildman–Crippen MR) is 119 cm³/mol. The largest absolute Gasteiger partial charge is 0.495 e. The molecule has 0 aliphatic carbocycles. The van der Waals surface area contributed by atoms with Crippen molar-refractivity contribution >= 4 is 37.5 Å². The number of nitrogens with one attached hydrogen (secondary N) is 2. The summed E-state index contributed by atoms with van der Waals surface area (Å²) < 4.78 is 33.3. The van der Waals surface area contributed by atoms with Crippen LogP contribution in [0.15, 0.2) is 45.8 Å². The first-order chi connectivity index (χ1) is 13.3. The third kappa shape index (κ3) is 5.81. The van der Waals surface area contributed by atoms with Gasteiger partial charge in [0.25, 0.3) is 5.91 Å². The summed E-state index contributed by atoms with van der Waals surface area (Å²) in [5.74, 6) is 0.0792. The summed E-state index contributed by atoms with van der Waals surface area (Å²) in [5, 5.41) is 2.84. The third-order valence-corrected chi connectivity index (χ3v) is 6.55. The number of sulfonamides is 1. The minimum absolute atomic E-state index is 0.0231. The maximum atomic E-state index is 13.0. The van der Waals surface area contributed by atoms with E-state index < -0.39 is 15.9 Å². The molecule has 8 heteroatoms. The standard InChI is InChI=1S/C21H27BrN2O4S/c1-13(2)24-29(26,27)15-8-9-17(22)16(12-15)20(25)23-18-11-14(21(3,4)5)7-10-19(18)28-6/h7-13,24H,1-6H3,(H,23,25). The van der Waals surface area contributed by atoms with E-state index in [-0.39, 0.29) is 21.9 Å². The molecule has 2 N–H and O–H groups in total. The van der Waals surface area contributed by atoms with Crippen molar-refractivity contribution in [1.29, 1.82) is 0 Å². The van der Waals surface area contributed by atoms with Crippen LogP contribution < -0.4 is 14.8 Å². The van der Waals surface area contributed by atoms with Crippen LogP contribution in [0.5, 0.6) is 5.75 Å². The molecule has 2 aromatic carbocycles. The molecule has 6 nitrogen and oxygen atoms in total. The number of carbonyl (C=O) groups excluding carboxylic acids is 1. The monoisotopic (exact) mass is 482 g/mol. The first kappa shape index (κ1) is 23.4. The van der Waals surface area contributed by atoms with Crippen LogP contribution in [0.25, 0.3) is 0 Å². The molecule has 0 unspecified atom stereocenters. The minimum Gasteiger partial charge on any atom is -0.495 e. The molecule has 0 spiro atoms. The number of amides is 1. The Kier molecular flexibility index (Phi) is 7.14. The zero-order chi connectivity index (χ0) is 22.0. The van der Waals surface area contributed by atoms with E-state index in [4.69, 9.17) is 4.74 Å². The highest BCUT2D eigenvalue weighted by atomic mass is 79.9. The second-order valence-corrected chi connectivity index (χ2v) is 10.6. The van der Waals surface area contributed by atoms with Gasteiger partial charge in [0.2, 0.25) is 10.0 Å². The molecular formula is C21H27BrN2O4S. The van der Waals surface area contributed by atoms with E-state index in [0.29, 0.717) is 15.9 Å². The highest BCUT2D eigenvalue weighted by molar-refractivity contribution is 9.10. The number of anilines is 1. The van der Waals surface area contributed by atoms with E-state index in [9.17, 15) is 13.2 Å². The SMILES string of the molecule is COc1ccc(C(C)(C)C)cc1NC(=O)c1cc(S(=O)(=O)NC(C)C)ccc1Br. The van der Waals surface area contributed by atoms with Crippen molar-refractivity contribution in [1.82, 2.24) is 4.72 Å². The first-order valence-electron chi connectivity index (χ1n) is 9.17. The molecule has 0 aromatic heterocycles. The number of hydrogen-bond acceptors (Lipinski definition) is 4. The lowest BCUT2D eigenvalue weighted by Gasteiger charge is -2.21. The van der Waals surface area contributed by atoms with Crippen LogP contribution in [0.3, 0.4) is 0 Å². The van der Waals surface area contributed by atoms with Crippen LogP contribution in [0.2, 0.25) is 0 Å². The number of benzene rings is 2. The van der Waals surface area contributed by atoms with Crippen molar-refractivity contribution in [3.63, 3.8) is 0 Å². The van der Waals surface area contributed by atoms with Gasteiger partial charge < -0.3 is 10.1 Å². The van der Waals surface area contributed by atoms with Crippen LogP contribution >= 0.6 is 15.9 Å². The van der Waals surface area contributed by atoms with Crippen molar-refractivity contribution in [2.24, 2.45) is 0 Å². The molecule has 0 aliphatic heterocycles. The van der Waals surface area contributed by atoms with Gasteiger partial charge in [-0.3, -0.25) is 4.79 Å². The van der Waals surface area contributed by atoms with Gasteiger partial charge in [-0.1, -0.05) is 26.8 Å². The zero-order valence-electron chi connectivity index (χ0n) is 17.5. The second kappa shape index (κ2) is 8.85. The number of hydrogen-bond donors (Lipinski definition) is 2. The molecule has 1 amide bonds. The average Bonchev–Trinajstić information content (AvgIpc) is 2.59. The van der Waals surface area contributed by atoms with Crippen LogP contribution in [0.4, 0.5) is 5.69 Å². The summed E-state index contributed by atoms with van der Waals surface area (Å²) in [6.45, 7) is 9.70. The second-order valence-electron chi connectivity index (χ2n) is 8.04. The summed E-state index contributed by atoms with van der Waals surface area (Å²) in [6.07, 6.45) is 0. The predicted octanol–water partition coefficient (Wildman–Crippen LogP) is 4.69. The molecular weight excluding hydrogens is 456 g/mol. The van der Waals surface area contributed by atoms with Gasteiger partial charge in [-0.2, -0.15) is 0 Å². The highest BCUT2D eigenvalue weighted by Gasteiger charge is 2.21. The lowest BCUT2D eigenvalue weighted by molar-refractivity contribution is 0.102. The molecule has 0 bridgehead atoms. The number of halogens is 1. The van der Waals surface area contributed by atoms with Crippen molar-refractivity contribution in [3.8, 4) is 5.75 Å². The maximum Gasteiger partial charge on any atom is 0.256 e. The van der Waals surface area contributed by atoms with Gasteiger partial charge in [0.1, 0.15) is 5.75 Å². The van der Waals surface area contributed by atoms with Crippen molar-refractivity contribution in [2.75, 3.05) is 12.4 Å². The van der Waals surface area contributed by atoms with Gasteiger partial charge in [-0.25, -0.2) is 13.1 Å². The molecule has 0 saturated carbocycles. The molecule has 29 heavy (non-hydrogen) atoms. The van der Waals surface area contributed by atoms with Crippen LogP contribution in [-0.4, -0.2) is 27.5 Å². The van der Waals surface area contributed by atoms with Gasteiger partial charge in [0, 0.05) is 10.5 Å². The van der Waals surface area contributed by atoms with E-state index in [1.807, 2.05) is 12.1 Å². The van der Waals surface area contributed by atoms with Crippen LogP contribution in [0.1, 0.15) is 50.5 Å². The number of rotatable bonds is 6. The van der Waals surface area contributed by atoms with E-state index in [1.165, 1.54) is 19.2 Å². The van der Waals surface area contributed by atoms with E-state index in [1.54, 1.807) is 26.0 Å². The van der Waals surface area contributed by atoms with Gasteiger partial charge in [0.05, 0.1) is 23.3 Å². The molecule has 158 valence electrons. The first-order valence-corrected chi connectivity index (χ1v) is 11.4. The molecule has 2 rings (SSSR count). The Labute approximate surface area is 181 Å². The molecule has 0 atom stereocenters. The molecule has 2 aromatic rings. The fourth-order valence-corrected chi connectivity index (χ4v) is 4.39. The summed E-state index contributed by atoms with van der Waals surface area (Å²) in [6, 6.07) is 9.72. The van der Waals surface area contributed by atoms with Crippen LogP contribution in [0, 0.1) is 0 Å². The Morgan fingerprint density at radius 3 is 2.31 bits per heavy atom. The smallest absolute Gasteiger partial charge is 0.256 e. The van der Waals surface area contributed by atoms with Crippen molar-refractivity contribution in [2.45, 2.75) is 51.0 Å². The van der Waals surface area contributed by atoms with Crippen LogP contribution in [-0.2, 0) is 15.4 Å². The van der Waals surface area contributed by atoms with Gasteiger partial charge >= 0.3 is 0 Å². The Balaban J connectivity index is 2.43. The number of carbonyl (C=O) groups is 1. The zero-order valence-corrected chi connectivity index (χ0v) is 19.9. The van der Waals surface area contributed by atoms with Crippen molar-refractivity contribution in [3.05, 3.63) is 52.0 Å². The Morgan fingerprint density at radius 2 is 1.76 bits per heavy atom. The molecule has 0 fully saturated rings. The summed E-state index contributed by atoms with van der Waals surface area (Å²) in [4.78, 5) is 13.0. The van der Waals surface area contributed by atoms with Gasteiger partial charge in [-0.15, -0.1) is 0 Å². The summed E-state index contributed by atoms with van der Waals surface area (Å²) in [7, 11) is -2.19. The molecule has 0 aliphatic rings. The van der Waals surface area contributed by atoms with Gasteiger partial charge in [0.15, 0.2) is 0 Å². The van der Waals surface area contributed by atoms with E-state index in [2.05, 4.69) is 46.7 Å². The topological polar surface area (TPSA) is 84.5 Å². The maximum absolute atomic E-state index is 13.0. The van der Waals surface area contributed by atoms with Gasteiger partial charge in [-0.05, 0) is 71.1 Å². The number of methoxy groups -OCH3 is 1. The van der Waals surface area contributed by atoms with E-state index >= 15 is 0 Å². The van der Waals surface area contributed by atoms with E-state index in [0.717, 1.165) is 5.56 Å². The molecule has 0 radical (unpaired) electrons. The lowest BCUT2D eigenvalue weighted by Crippen LogP contribution is -2.30. The Bertz CT molecular complexity index is 1010. The summed E-state index contributed by atoms with van der Waals surface area (Å²) >= 11 is 3.34. The normalized spacial score (nSPS) is 12.1. The molecule has 0 heterocycles. The Hall–Kier alpha value is -1.90. The number of ether oxygens (including phenoxy) is 1. The Morgan fingerprint density at radius 1 is 1.10 bits per heavy atom. The quantitative estimate of drug-likeness (QED) is 0.624. The minimum atomic E-state index is -3.72. The average molecular weight is 483 g/mol. The lowest BCUT2D eigenvalue weighted by atomic mass is 9.87. The highest BCUT2D eigenvalue weighted by Crippen LogP contribution is 2.32. The fourth-order valence-electron chi connectivity index (χ4n) is 2.69.